The molecule has 0 bridgehead atoms. The molecule has 1 saturated heterocycles. The van der Waals surface area contributed by atoms with Gasteiger partial charge in [0.25, 0.3) is 11.8 Å². The number of benzene rings is 1. The first-order valence-corrected chi connectivity index (χ1v) is 11.4. The molecule has 2 heterocycles. The summed E-state index contributed by atoms with van der Waals surface area (Å²) in [5.41, 5.74) is 6.36. The number of ether oxygens (including phenoxy) is 1. The molecule has 1 aromatic rings. The van der Waals surface area contributed by atoms with Crippen LogP contribution in [0.3, 0.4) is 0 Å². The van der Waals surface area contributed by atoms with Gasteiger partial charge in [-0.25, -0.2) is 0 Å². The van der Waals surface area contributed by atoms with Crippen molar-refractivity contribution in [2.75, 3.05) is 19.7 Å². The summed E-state index contributed by atoms with van der Waals surface area (Å²) in [6.07, 6.45) is 5.50. The average molecular weight is 443 g/mol. The first-order valence-electron chi connectivity index (χ1n) is 11.4. The van der Waals surface area contributed by atoms with E-state index in [9.17, 15) is 19.2 Å². The van der Waals surface area contributed by atoms with Gasteiger partial charge in [-0.05, 0) is 69.7 Å². The van der Waals surface area contributed by atoms with Crippen LogP contribution in [0.1, 0.15) is 65.7 Å². The fourth-order valence-electron chi connectivity index (χ4n) is 4.68. The molecule has 172 valence electrons. The van der Waals surface area contributed by atoms with Crippen LogP contribution in [0.25, 0.3) is 0 Å². The van der Waals surface area contributed by atoms with E-state index in [1.807, 2.05) is 0 Å². The second-order valence-electron chi connectivity index (χ2n) is 8.81. The van der Waals surface area contributed by atoms with E-state index >= 15 is 0 Å². The van der Waals surface area contributed by atoms with Crippen LogP contribution in [0.15, 0.2) is 18.2 Å². The first-order chi connectivity index (χ1) is 15.5. The maximum Gasteiger partial charge on any atom is 0.266 e. The highest BCUT2D eigenvalue weighted by atomic mass is 16.5. The largest absolute Gasteiger partial charge is 0.493 e. The molecule has 0 radical (unpaired) electrons. The van der Waals surface area contributed by atoms with E-state index in [-0.39, 0.29) is 24.0 Å². The fourth-order valence-corrected chi connectivity index (χ4v) is 4.68. The monoisotopic (exact) mass is 442 g/mol. The summed E-state index contributed by atoms with van der Waals surface area (Å²) < 4.78 is 5.84. The maximum atomic E-state index is 13.0. The lowest BCUT2D eigenvalue weighted by atomic mass is 9.86. The number of imide groups is 2. The van der Waals surface area contributed by atoms with Crippen LogP contribution in [0.5, 0.6) is 5.75 Å². The number of rotatable bonds is 8. The Morgan fingerprint density at radius 3 is 2.59 bits per heavy atom. The van der Waals surface area contributed by atoms with Gasteiger partial charge in [-0.3, -0.25) is 29.4 Å². The SMILES string of the molecule is NC1CCC(CNCCCOc2cccc3c2C(=O)N(C2CCC(=O)NC2=O)C3=O)CC1. The van der Waals surface area contributed by atoms with E-state index in [1.165, 1.54) is 12.8 Å². The summed E-state index contributed by atoms with van der Waals surface area (Å²) in [6.45, 7) is 2.17. The van der Waals surface area contributed by atoms with Crippen molar-refractivity contribution in [1.82, 2.24) is 15.5 Å². The van der Waals surface area contributed by atoms with Gasteiger partial charge in [-0.1, -0.05) is 6.07 Å². The normalized spacial score (nSPS) is 25.7. The average Bonchev–Trinajstić information content (AvgIpc) is 3.03. The van der Waals surface area contributed by atoms with Gasteiger partial charge in [-0.15, -0.1) is 0 Å². The summed E-state index contributed by atoms with van der Waals surface area (Å²) in [5, 5.41) is 5.66. The molecule has 4 N–H and O–H groups in total. The van der Waals surface area contributed by atoms with E-state index in [1.54, 1.807) is 18.2 Å². The number of hydrogen-bond acceptors (Lipinski definition) is 7. The number of nitrogens with zero attached hydrogens (tertiary/aromatic N) is 1. The lowest BCUT2D eigenvalue weighted by Gasteiger charge is -2.27. The number of piperidine rings is 1. The molecule has 1 saturated carbocycles. The molecular formula is C23H30N4O5. The Balaban J connectivity index is 1.30. The zero-order valence-corrected chi connectivity index (χ0v) is 18.1. The topological polar surface area (TPSA) is 131 Å². The number of hydrogen-bond donors (Lipinski definition) is 3. The third-order valence-electron chi connectivity index (χ3n) is 6.51. The summed E-state index contributed by atoms with van der Waals surface area (Å²) >= 11 is 0. The van der Waals surface area contributed by atoms with Gasteiger partial charge in [0.2, 0.25) is 11.8 Å². The van der Waals surface area contributed by atoms with Crippen molar-refractivity contribution in [1.29, 1.82) is 0 Å². The van der Waals surface area contributed by atoms with Crippen LogP contribution < -0.4 is 21.1 Å². The van der Waals surface area contributed by atoms with Gasteiger partial charge in [-0.2, -0.15) is 0 Å². The van der Waals surface area contributed by atoms with Crippen LogP contribution in [-0.2, 0) is 9.59 Å². The minimum atomic E-state index is -0.980. The summed E-state index contributed by atoms with van der Waals surface area (Å²) in [6, 6.07) is 4.27. The smallest absolute Gasteiger partial charge is 0.266 e. The van der Waals surface area contributed by atoms with Crippen molar-refractivity contribution in [3.63, 3.8) is 0 Å². The van der Waals surface area contributed by atoms with Gasteiger partial charge in [0.05, 0.1) is 17.7 Å². The van der Waals surface area contributed by atoms with Crippen molar-refractivity contribution in [2.24, 2.45) is 11.7 Å². The van der Waals surface area contributed by atoms with Crippen molar-refractivity contribution >= 4 is 23.6 Å². The molecule has 9 heteroatoms. The van der Waals surface area contributed by atoms with Crippen LogP contribution in [-0.4, -0.2) is 60.3 Å². The molecule has 4 amide bonds. The number of fused-ring (bicyclic) bond motifs is 1. The highest BCUT2D eigenvalue weighted by Gasteiger charge is 2.45. The van der Waals surface area contributed by atoms with E-state index in [2.05, 4.69) is 10.6 Å². The highest BCUT2D eigenvalue weighted by Crippen LogP contribution is 2.33. The van der Waals surface area contributed by atoms with Gasteiger partial charge in [0.15, 0.2) is 0 Å². The van der Waals surface area contributed by atoms with Gasteiger partial charge >= 0.3 is 0 Å². The second kappa shape index (κ2) is 9.79. The van der Waals surface area contributed by atoms with Crippen molar-refractivity contribution in [2.45, 2.75) is 57.0 Å². The maximum absolute atomic E-state index is 13.0. The predicted molar refractivity (Wildman–Crippen MR) is 116 cm³/mol. The zero-order chi connectivity index (χ0) is 22.7. The third kappa shape index (κ3) is 4.68. The van der Waals surface area contributed by atoms with E-state index in [4.69, 9.17) is 10.5 Å². The minimum absolute atomic E-state index is 0.0911. The molecule has 1 aliphatic carbocycles. The molecule has 1 atom stereocenters. The van der Waals surface area contributed by atoms with Gasteiger partial charge in [0.1, 0.15) is 11.8 Å². The number of nitrogens with two attached hydrogens (primary N) is 1. The minimum Gasteiger partial charge on any atom is -0.493 e. The van der Waals surface area contributed by atoms with Crippen LogP contribution in [0.4, 0.5) is 0 Å². The molecule has 32 heavy (non-hydrogen) atoms. The Morgan fingerprint density at radius 2 is 1.84 bits per heavy atom. The lowest BCUT2D eigenvalue weighted by Crippen LogP contribution is -2.54. The molecule has 1 aromatic carbocycles. The molecule has 0 spiro atoms. The van der Waals surface area contributed by atoms with Gasteiger partial charge in [0, 0.05) is 12.5 Å². The van der Waals surface area contributed by atoms with Gasteiger partial charge < -0.3 is 15.8 Å². The predicted octanol–water partition coefficient (Wildman–Crippen LogP) is 0.964. The Bertz CT molecular complexity index is 910. The summed E-state index contributed by atoms with van der Waals surface area (Å²) in [7, 11) is 0. The zero-order valence-electron chi connectivity index (χ0n) is 18.1. The number of carbonyl (C=O) groups is 4. The molecule has 0 aromatic heterocycles. The molecule has 3 aliphatic rings. The highest BCUT2D eigenvalue weighted by molar-refractivity contribution is 6.24. The lowest BCUT2D eigenvalue weighted by molar-refractivity contribution is -0.136. The molecule has 4 rings (SSSR count). The van der Waals surface area contributed by atoms with Crippen molar-refractivity contribution < 1.29 is 23.9 Å². The fraction of sp³-hybridized carbons (Fsp3) is 0.565. The Kier molecular flexibility index (Phi) is 6.86. The Hall–Kier alpha value is -2.78. The summed E-state index contributed by atoms with van der Waals surface area (Å²) in [4.78, 5) is 50.4. The number of nitrogens with one attached hydrogen (secondary N) is 2. The second-order valence-corrected chi connectivity index (χ2v) is 8.81. The van der Waals surface area contributed by atoms with Crippen LogP contribution >= 0.6 is 0 Å². The van der Waals surface area contributed by atoms with E-state index in [0.29, 0.717) is 24.3 Å². The van der Waals surface area contributed by atoms with Crippen molar-refractivity contribution in [3.8, 4) is 5.75 Å². The van der Waals surface area contributed by atoms with Crippen LogP contribution in [0.2, 0.25) is 0 Å². The molecule has 2 fully saturated rings. The third-order valence-corrected chi connectivity index (χ3v) is 6.51. The number of carbonyl (C=O) groups excluding carboxylic acids is 4. The number of amides is 4. The molecule has 9 nitrogen and oxygen atoms in total. The van der Waals surface area contributed by atoms with E-state index in [0.717, 1.165) is 37.3 Å². The standard InChI is InChI=1S/C23H30N4O5/c24-15-7-5-14(6-8-15)13-25-11-2-12-32-18-4-1-3-16-20(18)23(31)27(22(16)30)17-9-10-19(28)26-21(17)29/h1,3-4,14-15,17,25H,2,5-13,24H2,(H,26,28,29). The molecule has 2 aliphatic heterocycles. The first kappa shape index (κ1) is 22.4. The molecule has 1 unspecified atom stereocenters. The van der Waals surface area contributed by atoms with Crippen molar-refractivity contribution in [3.05, 3.63) is 29.3 Å². The Labute approximate surface area is 187 Å². The van der Waals surface area contributed by atoms with E-state index < -0.39 is 29.7 Å². The molecular weight excluding hydrogens is 412 g/mol. The quantitative estimate of drug-likeness (QED) is 0.404. The Morgan fingerprint density at radius 1 is 1.06 bits per heavy atom. The van der Waals surface area contributed by atoms with Crippen LogP contribution in [0, 0.1) is 5.92 Å². The summed E-state index contributed by atoms with van der Waals surface area (Å²) in [5.74, 6) is -1.08.